The summed E-state index contributed by atoms with van der Waals surface area (Å²) in [5.74, 6) is 1.33. The molecule has 0 radical (unpaired) electrons. The number of aliphatic hydroxyl groups is 1. The van der Waals surface area contributed by atoms with E-state index in [2.05, 4.69) is 19.2 Å². The highest BCUT2D eigenvalue weighted by Crippen LogP contribution is 2.38. The number of hydrogen-bond donors (Lipinski definition) is 2. The van der Waals surface area contributed by atoms with Crippen LogP contribution in [-0.4, -0.2) is 23.5 Å². The molecule has 1 aromatic carbocycles. The molecule has 2 unspecified atom stereocenters. The molecule has 1 aliphatic heterocycles. The minimum absolute atomic E-state index is 0.0872. The van der Waals surface area contributed by atoms with Gasteiger partial charge in [0.2, 0.25) is 0 Å². The van der Waals surface area contributed by atoms with Gasteiger partial charge in [-0.1, -0.05) is 26.0 Å². The highest BCUT2D eigenvalue weighted by molar-refractivity contribution is 7.99. The van der Waals surface area contributed by atoms with Gasteiger partial charge in [-0.2, -0.15) is 0 Å². The first kappa shape index (κ1) is 14.8. The summed E-state index contributed by atoms with van der Waals surface area (Å²) >= 11 is 1.59. The summed E-state index contributed by atoms with van der Waals surface area (Å²) < 4.78 is 13.8. The Labute approximate surface area is 118 Å². The van der Waals surface area contributed by atoms with Gasteiger partial charge in [-0.25, -0.2) is 4.39 Å². The van der Waals surface area contributed by atoms with Crippen LogP contribution in [0.2, 0.25) is 0 Å². The van der Waals surface area contributed by atoms with E-state index in [1.807, 2.05) is 6.07 Å². The number of benzene rings is 1. The van der Waals surface area contributed by atoms with E-state index < -0.39 is 0 Å². The lowest BCUT2D eigenvalue weighted by atomic mass is 9.99. The van der Waals surface area contributed by atoms with Crippen molar-refractivity contribution >= 4 is 11.8 Å². The fourth-order valence-corrected chi connectivity index (χ4v) is 3.75. The first-order valence-corrected chi connectivity index (χ1v) is 7.88. The second kappa shape index (κ2) is 6.73. The van der Waals surface area contributed by atoms with Crippen molar-refractivity contribution < 1.29 is 9.50 Å². The molecule has 2 N–H and O–H groups in total. The van der Waals surface area contributed by atoms with Gasteiger partial charge in [0.1, 0.15) is 5.82 Å². The number of hydrogen-bond acceptors (Lipinski definition) is 3. The Bertz CT molecular complexity index is 425. The van der Waals surface area contributed by atoms with Crippen molar-refractivity contribution in [3.05, 3.63) is 29.6 Å². The molecular weight excluding hydrogens is 261 g/mol. The zero-order valence-electron chi connectivity index (χ0n) is 11.5. The molecule has 0 saturated carbocycles. The molecule has 0 saturated heterocycles. The van der Waals surface area contributed by atoms with E-state index in [-0.39, 0.29) is 24.5 Å². The van der Waals surface area contributed by atoms with Crippen molar-refractivity contribution in [2.45, 2.75) is 43.7 Å². The Kier molecular flexibility index (Phi) is 5.25. The quantitative estimate of drug-likeness (QED) is 0.869. The van der Waals surface area contributed by atoms with Crippen LogP contribution in [0.3, 0.4) is 0 Å². The molecule has 2 atom stereocenters. The molecule has 106 valence electrons. The van der Waals surface area contributed by atoms with Gasteiger partial charge in [0.25, 0.3) is 0 Å². The lowest BCUT2D eigenvalue weighted by molar-refractivity contribution is 0.211. The number of nitrogens with one attached hydrogen (secondary N) is 1. The van der Waals surface area contributed by atoms with Gasteiger partial charge in [0.05, 0.1) is 6.61 Å². The summed E-state index contributed by atoms with van der Waals surface area (Å²) in [6.45, 7) is 4.43. The van der Waals surface area contributed by atoms with Crippen LogP contribution in [0.15, 0.2) is 23.1 Å². The molecule has 0 aromatic heterocycles. The summed E-state index contributed by atoms with van der Waals surface area (Å²) in [6, 6.07) is 5.52. The van der Waals surface area contributed by atoms with E-state index in [0.29, 0.717) is 5.92 Å². The third-order valence-electron chi connectivity index (χ3n) is 3.44. The molecule has 1 heterocycles. The third kappa shape index (κ3) is 3.71. The van der Waals surface area contributed by atoms with Crippen molar-refractivity contribution in [1.82, 2.24) is 5.32 Å². The first-order valence-electron chi connectivity index (χ1n) is 6.90. The van der Waals surface area contributed by atoms with Crippen LogP contribution in [-0.2, 0) is 0 Å². The third-order valence-corrected chi connectivity index (χ3v) is 4.60. The SMILES string of the molecule is CC(C)CC(CO)NC1CCSc2c(F)cccc21. The normalized spacial score (nSPS) is 20.4. The molecule has 2 rings (SSSR count). The minimum atomic E-state index is -0.126. The summed E-state index contributed by atoms with van der Waals surface area (Å²) in [7, 11) is 0. The standard InChI is InChI=1S/C15H22FNOS/c1-10(2)8-11(9-18)17-14-6-7-19-15-12(14)4-3-5-13(15)16/h3-5,10-11,14,17-18H,6-9H2,1-2H3. The van der Waals surface area contributed by atoms with Crippen molar-refractivity contribution in [2.75, 3.05) is 12.4 Å². The van der Waals surface area contributed by atoms with Crippen LogP contribution in [0.1, 0.15) is 38.3 Å². The van der Waals surface area contributed by atoms with Crippen molar-refractivity contribution in [3.8, 4) is 0 Å². The zero-order chi connectivity index (χ0) is 13.8. The number of aliphatic hydroxyl groups excluding tert-OH is 1. The summed E-state index contributed by atoms with van der Waals surface area (Å²) in [6.07, 6.45) is 1.92. The van der Waals surface area contributed by atoms with Gasteiger partial charge in [0.15, 0.2) is 0 Å². The van der Waals surface area contributed by atoms with Crippen LogP contribution in [0, 0.1) is 11.7 Å². The average Bonchev–Trinajstić information content (AvgIpc) is 2.38. The van der Waals surface area contributed by atoms with Crippen molar-refractivity contribution in [1.29, 1.82) is 0 Å². The Morgan fingerprint density at radius 2 is 2.26 bits per heavy atom. The molecule has 0 amide bonds. The lowest BCUT2D eigenvalue weighted by Gasteiger charge is -2.30. The molecule has 0 bridgehead atoms. The number of rotatable bonds is 5. The lowest BCUT2D eigenvalue weighted by Crippen LogP contribution is -2.38. The molecule has 0 fully saturated rings. The van der Waals surface area contributed by atoms with E-state index in [9.17, 15) is 9.50 Å². The maximum absolute atomic E-state index is 13.8. The van der Waals surface area contributed by atoms with Gasteiger partial charge in [-0.3, -0.25) is 0 Å². The van der Waals surface area contributed by atoms with Crippen molar-refractivity contribution in [3.63, 3.8) is 0 Å². The topological polar surface area (TPSA) is 32.3 Å². The second-order valence-corrected chi connectivity index (χ2v) is 6.63. The largest absolute Gasteiger partial charge is 0.395 e. The number of fused-ring (bicyclic) bond motifs is 1. The van der Waals surface area contributed by atoms with E-state index in [1.54, 1.807) is 17.8 Å². The highest BCUT2D eigenvalue weighted by Gasteiger charge is 2.25. The second-order valence-electron chi connectivity index (χ2n) is 5.52. The molecule has 0 aliphatic carbocycles. The Hall–Kier alpha value is -0.580. The molecule has 2 nitrogen and oxygen atoms in total. The van der Waals surface area contributed by atoms with Crippen molar-refractivity contribution in [2.24, 2.45) is 5.92 Å². The monoisotopic (exact) mass is 283 g/mol. The number of thioether (sulfide) groups is 1. The van der Waals surface area contributed by atoms with Gasteiger partial charge in [-0.05, 0) is 36.1 Å². The van der Waals surface area contributed by atoms with E-state index >= 15 is 0 Å². The predicted octanol–water partition coefficient (Wildman–Crippen LogP) is 3.36. The fourth-order valence-electron chi connectivity index (χ4n) is 2.61. The predicted molar refractivity (Wildman–Crippen MR) is 77.9 cm³/mol. The molecular formula is C15H22FNOS. The smallest absolute Gasteiger partial charge is 0.137 e. The van der Waals surface area contributed by atoms with Crippen LogP contribution >= 0.6 is 11.8 Å². The summed E-state index contributed by atoms with van der Waals surface area (Å²) in [5, 5.41) is 13.0. The first-order chi connectivity index (χ1) is 9.11. The minimum Gasteiger partial charge on any atom is -0.395 e. The van der Waals surface area contributed by atoms with Gasteiger partial charge in [-0.15, -0.1) is 11.8 Å². The molecule has 1 aromatic rings. The molecule has 0 spiro atoms. The van der Waals surface area contributed by atoms with Crippen LogP contribution < -0.4 is 5.32 Å². The van der Waals surface area contributed by atoms with Crippen LogP contribution in [0.25, 0.3) is 0 Å². The maximum atomic E-state index is 13.8. The molecule has 19 heavy (non-hydrogen) atoms. The maximum Gasteiger partial charge on any atom is 0.137 e. The van der Waals surface area contributed by atoms with E-state index in [1.165, 1.54) is 6.07 Å². The van der Waals surface area contributed by atoms with E-state index in [4.69, 9.17) is 0 Å². The highest BCUT2D eigenvalue weighted by atomic mass is 32.2. The van der Waals surface area contributed by atoms with E-state index in [0.717, 1.165) is 29.1 Å². The van der Waals surface area contributed by atoms with Gasteiger partial charge < -0.3 is 10.4 Å². The van der Waals surface area contributed by atoms with Crippen LogP contribution in [0.5, 0.6) is 0 Å². The average molecular weight is 283 g/mol. The zero-order valence-corrected chi connectivity index (χ0v) is 12.3. The Morgan fingerprint density at radius 3 is 2.95 bits per heavy atom. The van der Waals surface area contributed by atoms with Crippen LogP contribution in [0.4, 0.5) is 4.39 Å². The fraction of sp³-hybridized carbons (Fsp3) is 0.600. The molecule has 4 heteroatoms. The number of halogens is 1. The summed E-state index contributed by atoms with van der Waals surface area (Å²) in [4.78, 5) is 0.771. The van der Waals surface area contributed by atoms with Gasteiger partial charge in [0, 0.05) is 17.0 Å². The molecule has 1 aliphatic rings. The van der Waals surface area contributed by atoms with Gasteiger partial charge >= 0.3 is 0 Å². The summed E-state index contributed by atoms with van der Waals surface area (Å²) in [5.41, 5.74) is 1.04. The Morgan fingerprint density at radius 1 is 1.47 bits per heavy atom. The Balaban J connectivity index is 2.12.